The molecule has 0 atom stereocenters. The number of anilines is 1. The molecule has 2 aromatic carbocycles. The lowest BCUT2D eigenvalue weighted by molar-refractivity contribution is -0.143. The number of fused-ring (bicyclic) bond motifs is 1. The molecule has 0 spiro atoms. The van der Waals surface area contributed by atoms with Crippen molar-refractivity contribution < 1.29 is 22.8 Å². The number of benzene rings is 2. The fourth-order valence-corrected chi connectivity index (χ4v) is 3.78. The van der Waals surface area contributed by atoms with Crippen LogP contribution in [0.3, 0.4) is 0 Å². The number of nitrogens with zero attached hydrogens (tertiary/aromatic N) is 2. The van der Waals surface area contributed by atoms with Crippen LogP contribution >= 0.6 is 11.6 Å². The van der Waals surface area contributed by atoms with E-state index in [9.17, 15) is 22.8 Å². The van der Waals surface area contributed by atoms with E-state index in [0.29, 0.717) is 16.1 Å². The quantitative estimate of drug-likeness (QED) is 0.292. The van der Waals surface area contributed by atoms with Gasteiger partial charge in [0.15, 0.2) is 0 Å². The second-order valence-corrected chi connectivity index (χ2v) is 7.89. The molecule has 1 amide bonds. The average molecular weight is 472 g/mol. The van der Waals surface area contributed by atoms with Gasteiger partial charge in [-0.25, -0.2) is 4.98 Å². The first-order valence-corrected chi connectivity index (χ1v) is 10.2. The van der Waals surface area contributed by atoms with Crippen LogP contribution in [0.4, 0.5) is 19.0 Å². The van der Waals surface area contributed by atoms with Crippen LogP contribution < -0.4 is 5.32 Å². The number of amides is 1. The molecule has 0 aliphatic carbocycles. The van der Waals surface area contributed by atoms with E-state index >= 15 is 0 Å². The second kappa shape index (κ2) is 8.71. The summed E-state index contributed by atoms with van der Waals surface area (Å²) in [6.45, 7) is 1.53. The third-order valence-electron chi connectivity index (χ3n) is 5.08. The van der Waals surface area contributed by atoms with Crippen molar-refractivity contribution in [3.8, 4) is 0 Å². The third kappa shape index (κ3) is 4.61. The SMILES string of the molecule is Cc1ccc2c(c1)c(C(=O)C(=O)Nc1ccccn1)c(C(F)(F)F)n2Cc1ccc(Cl)cc1. The fourth-order valence-electron chi connectivity index (χ4n) is 3.65. The number of rotatable bonds is 5. The topological polar surface area (TPSA) is 64.0 Å². The number of aryl methyl sites for hydroxylation is 1. The standard InChI is InChI=1S/C24H17ClF3N3O2/c1-14-5-10-18-17(12-14)20(21(32)23(33)30-19-4-2-3-11-29-19)22(24(26,27)28)31(18)13-15-6-8-16(25)9-7-15/h2-12H,13H2,1H3,(H,29,30,33). The van der Waals surface area contributed by atoms with E-state index in [0.717, 1.165) is 4.57 Å². The van der Waals surface area contributed by atoms with Crippen LogP contribution in [0.2, 0.25) is 5.02 Å². The molecule has 0 bridgehead atoms. The summed E-state index contributed by atoms with van der Waals surface area (Å²) in [4.78, 5) is 29.6. The van der Waals surface area contributed by atoms with Gasteiger partial charge in [-0.2, -0.15) is 13.2 Å². The number of hydrogen-bond acceptors (Lipinski definition) is 3. The molecule has 0 radical (unpaired) electrons. The molecule has 2 heterocycles. The van der Waals surface area contributed by atoms with E-state index in [4.69, 9.17) is 11.6 Å². The van der Waals surface area contributed by atoms with E-state index in [1.54, 1.807) is 49.4 Å². The molecule has 0 saturated heterocycles. The van der Waals surface area contributed by atoms with Crippen molar-refractivity contribution in [2.75, 3.05) is 5.32 Å². The van der Waals surface area contributed by atoms with Gasteiger partial charge in [0, 0.05) is 28.7 Å². The van der Waals surface area contributed by atoms with Crippen molar-refractivity contribution in [1.82, 2.24) is 9.55 Å². The highest BCUT2D eigenvalue weighted by molar-refractivity contribution is 6.48. The summed E-state index contributed by atoms with van der Waals surface area (Å²) in [6, 6.07) is 15.6. The summed E-state index contributed by atoms with van der Waals surface area (Å²) >= 11 is 5.90. The van der Waals surface area contributed by atoms with E-state index in [1.807, 2.05) is 0 Å². The maximum absolute atomic E-state index is 14.3. The third-order valence-corrected chi connectivity index (χ3v) is 5.33. The zero-order chi connectivity index (χ0) is 23.8. The molecule has 9 heteroatoms. The normalized spacial score (nSPS) is 11.5. The van der Waals surface area contributed by atoms with Crippen LogP contribution in [-0.4, -0.2) is 21.2 Å². The first-order valence-electron chi connectivity index (χ1n) is 9.86. The Morgan fingerprint density at radius 3 is 2.42 bits per heavy atom. The van der Waals surface area contributed by atoms with Gasteiger partial charge < -0.3 is 9.88 Å². The Labute approximate surface area is 191 Å². The van der Waals surface area contributed by atoms with Gasteiger partial charge in [-0.1, -0.05) is 41.4 Å². The van der Waals surface area contributed by atoms with Crippen LogP contribution in [0, 0.1) is 6.92 Å². The number of carbonyl (C=O) groups excluding carboxylic acids is 2. The number of hydrogen-bond donors (Lipinski definition) is 1. The molecular weight excluding hydrogens is 455 g/mol. The molecule has 4 rings (SSSR count). The van der Waals surface area contributed by atoms with Crippen molar-refractivity contribution in [1.29, 1.82) is 0 Å². The van der Waals surface area contributed by atoms with Gasteiger partial charge in [-0.05, 0) is 48.9 Å². The number of carbonyl (C=O) groups is 2. The maximum Gasteiger partial charge on any atom is 0.432 e. The molecule has 2 aromatic heterocycles. The number of halogens is 4. The average Bonchev–Trinajstić information content (AvgIpc) is 3.09. The molecular formula is C24H17ClF3N3O2. The monoisotopic (exact) mass is 471 g/mol. The molecule has 1 N–H and O–H groups in total. The van der Waals surface area contributed by atoms with Crippen molar-refractivity contribution in [2.45, 2.75) is 19.6 Å². The van der Waals surface area contributed by atoms with Gasteiger partial charge in [0.25, 0.3) is 11.7 Å². The minimum absolute atomic E-state index is 0.0532. The molecule has 0 saturated carbocycles. The lowest BCUT2D eigenvalue weighted by Crippen LogP contribution is -2.26. The van der Waals surface area contributed by atoms with Crippen molar-refractivity contribution in [2.24, 2.45) is 0 Å². The Morgan fingerprint density at radius 1 is 1.06 bits per heavy atom. The number of pyridine rings is 1. The Balaban J connectivity index is 1.89. The first kappa shape index (κ1) is 22.5. The molecule has 0 unspecified atom stereocenters. The minimum Gasteiger partial charge on any atom is -0.332 e. The molecule has 0 aliphatic rings. The summed E-state index contributed by atoms with van der Waals surface area (Å²) < 4.78 is 44.0. The van der Waals surface area contributed by atoms with Crippen LogP contribution in [0.25, 0.3) is 10.9 Å². The molecule has 168 valence electrons. The maximum atomic E-state index is 14.3. The summed E-state index contributed by atoms with van der Waals surface area (Å²) in [6.07, 6.45) is -3.50. The number of aromatic nitrogens is 2. The van der Waals surface area contributed by atoms with Crippen molar-refractivity contribution in [3.05, 3.63) is 94.3 Å². The second-order valence-electron chi connectivity index (χ2n) is 7.45. The largest absolute Gasteiger partial charge is 0.432 e. The minimum atomic E-state index is -4.89. The van der Waals surface area contributed by atoms with Gasteiger partial charge in [-0.3, -0.25) is 9.59 Å². The van der Waals surface area contributed by atoms with Gasteiger partial charge in [0.2, 0.25) is 0 Å². The summed E-state index contributed by atoms with van der Waals surface area (Å²) in [7, 11) is 0. The summed E-state index contributed by atoms with van der Waals surface area (Å²) in [5.41, 5.74) is -0.474. The Morgan fingerprint density at radius 2 is 1.79 bits per heavy atom. The zero-order valence-electron chi connectivity index (χ0n) is 17.3. The fraction of sp³-hybridized carbons (Fsp3) is 0.125. The van der Waals surface area contributed by atoms with Crippen LogP contribution in [0.1, 0.15) is 27.2 Å². The number of nitrogens with one attached hydrogen (secondary N) is 1. The predicted octanol–water partition coefficient (Wildman–Crippen LogP) is 5.89. The number of alkyl halides is 3. The number of Topliss-reactive ketones (excluding diaryl/α,β-unsaturated/α-hetero) is 1. The molecule has 5 nitrogen and oxygen atoms in total. The molecule has 0 aliphatic heterocycles. The first-order chi connectivity index (χ1) is 15.6. The van der Waals surface area contributed by atoms with E-state index in [-0.39, 0.29) is 23.3 Å². The number of ketones is 1. The van der Waals surface area contributed by atoms with Crippen LogP contribution in [-0.2, 0) is 17.5 Å². The van der Waals surface area contributed by atoms with Crippen molar-refractivity contribution in [3.63, 3.8) is 0 Å². The molecule has 4 aromatic rings. The van der Waals surface area contributed by atoms with Gasteiger partial charge >= 0.3 is 6.18 Å². The highest BCUT2D eigenvalue weighted by atomic mass is 35.5. The lowest BCUT2D eigenvalue weighted by atomic mass is 10.0. The van der Waals surface area contributed by atoms with Crippen molar-refractivity contribution >= 4 is 40.0 Å². The highest BCUT2D eigenvalue weighted by Crippen LogP contribution is 2.39. The van der Waals surface area contributed by atoms with Gasteiger partial charge in [0.1, 0.15) is 11.5 Å². The predicted molar refractivity (Wildman–Crippen MR) is 119 cm³/mol. The van der Waals surface area contributed by atoms with Gasteiger partial charge in [-0.15, -0.1) is 0 Å². The lowest BCUT2D eigenvalue weighted by Gasteiger charge is -2.15. The highest BCUT2D eigenvalue weighted by Gasteiger charge is 2.42. The van der Waals surface area contributed by atoms with E-state index in [2.05, 4.69) is 10.3 Å². The smallest absolute Gasteiger partial charge is 0.332 e. The summed E-state index contributed by atoms with van der Waals surface area (Å²) in [5.74, 6) is -2.44. The van der Waals surface area contributed by atoms with Crippen LogP contribution in [0.5, 0.6) is 0 Å². The molecule has 33 heavy (non-hydrogen) atoms. The Kier molecular flexibility index (Phi) is 5.95. The van der Waals surface area contributed by atoms with Gasteiger partial charge in [0.05, 0.1) is 5.56 Å². The van der Waals surface area contributed by atoms with E-state index in [1.165, 1.54) is 24.4 Å². The van der Waals surface area contributed by atoms with Crippen LogP contribution in [0.15, 0.2) is 66.9 Å². The zero-order valence-corrected chi connectivity index (χ0v) is 18.0. The van der Waals surface area contributed by atoms with E-state index < -0.39 is 29.1 Å². The summed E-state index contributed by atoms with van der Waals surface area (Å²) in [5, 5.41) is 2.77. The Bertz CT molecular complexity index is 1350. The Hall–Kier alpha value is -3.65. The molecule has 0 fully saturated rings.